The Morgan fingerprint density at radius 3 is 2.22 bits per heavy atom. The molecule has 0 radical (unpaired) electrons. The average molecular weight is 1800 g/mol. The maximum atomic E-state index is 14.7. The number of alkyl carbamates (subject to hydrolysis) is 1. The molecule has 1 aliphatic carbocycles. The number of rotatable bonds is 23. The normalized spacial score (nSPS) is 27.3. The molecular weight excluding hydrogens is 1670 g/mol. The smallest absolute Gasteiger partial charge is 0.407 e. The molecule has 5 aliphatic heterocycles. The van der Waals surface area contributed by atoms with Crippen molar-refractivity contribution < 1.29 is 91.3 Å². The number of hydrogen-bond donors (Lipinski definition) is 8. The summed E-state index contributed by atoms with van der Waals surface area (Å²) < 4.78 is 48.9. The molecule has 11 N–H and O–H groups in total. The third kappa shape index (κ3) is 24.2. The molecule has 5 aromatic heterocycles. The molecule has 10 heterocycles. The van der Waals surface area contributed by atoms with Gasteiger partial charge in [0.15, 0.2) is 17.0 Å². The van der Waals surface area contributed by atoms with E-state index in [4.69, 9.17) is 59.9 Å². The van der Waals surface area contributed by atoms with Crippen molar-refractivity contribution in [2.24, 2.45) is 28.9 Å². The maximum Gasteiger partial charge on any atom is 0.407 e. The molecule has 13 rings (SSSR count). The molecule has 2 aromatic carbocycles. The van der Waals surface area contributed by atoms with Gasteiger partial charge in [0.2, 0.25) is 23.6 Å². The summed E-state index contributed by atoms with van der Waals surface area (Å²) in [6, 6.07) is 9.53. The first kappa shape index (κ1) is 96.1. The van der Waals surface area contributed by atoms with Crippen molar-refractivity contribution in [3.63, 3.8) is 0 Å². The lowest BCUT2D eigenvalue weighted by atomic mass is 9.69. The Morgan fingerprint density at radius 1 is 0.746 bits per heavy atom. The second-order valence-corrected chi connectivity index (χ2v) is 35.4. The summed E-state index contributed by atoms with van der Waals surface area (Å²) in [4.78, 5) is 150. The lowest BCUT2D eigenvalue weighted by Gasteiger charge is -2.43. The van der Waals surface area contributed by atoms with Gasteiger partial charge in [-0.05, 0) is 142 Å². The van der Waals surface area contributed by atoms with E-state index in [9.17, 15) is 53.7 Å². The van der Waals surface area contributed by atoms with E-state index in [1.54, 1.807) is 39.4 Å². The zero-order valence-electron chi connectivity index (χ0n) is 75.2. The first-order valence-corrected chi connectivity index (χ1v) is 44.9. The topological polar surface area (TPSA) is 498 Å². The number of amides is 4. The third-order valence-electron chi connectivity index (χ3n) is 25.6. The van der Waals surface area contributed by atoms with Crippen LogP contribution in [0.25, 0.3) is 33.4 Å². The number of hydrogen-bond acceptors (Lipinski definition) is 32. The highest BCUT2D eigenvalue weighted by Gasteiger charge is 2.51. The van der Waals surface area contributed by atoms with Crippen LogP contribution in [0.3, 0.4) is 0 Å². The van der Waals surface area contributed by atoms with E-state index >= 15 is 0 Å². The number of aromatic nitrogens is 9. The molecule has 3 saturated heterocycles. The second-order valence-electron chi connectivity index (χ2n) is 35.4. The predicted octanol–water partition coefficient (Wildman–Crippen LogP) is 7.10. The van der Waals surface area contributed by atoms with Gasteiger partial charge in [-0.2, -0.15) is 10.1 Å². The fourth-order valence-corrected chi connectivity index (χ4v) is 18.1. The Hall–Kier alpha value is -11.4. The quantitative estimate of drug-likeness (QED) is 0.0137. The Balaban J connectivity index is 0.524. The molecule has 0 unspecified atom stereocenters. The summed E-state index contributed by atoms with van der Waals surface area (Å²) in [5.74, 6) is -7.49. The monoisotopic (exact) mass is 1790 g/mol. The Bertz CT molecular complexity index is 5290. The number of cyclic esters (lactones) is 1. The number of allylic oxidation sites excluding steroid dienone is 6. The van der Waals surface area contributed by atoms with Gasteiger partial charge in [0, 0.05) is 146 Å². The number of nitrogen functional groups attached to an aromatic ring is 2. The lowest BCUT2D eigenvalue weighted by molar-refractivity contribution is -0.245. The van der Waals surface area contributed by atoms with Gasteiger partial charge in [-0.1, -0.05) is 82.4 Å². The number of ketones is 3. The van der Waals surface area contributed by atoms with E-state index in [0.29, 0.717) is 160 Å². The van der Waals surface area contributed by atoms with E-state index in [1.165, 1.54) is 38.8 Å². The number of carbonyl (C=O) groups excluding carboxylic acids is 8. The van der Waals surface area contributed by atoms with Gasteiger partial charge in [-0.3, -0.25) is 28.8 Å². The Labute approximate surface area is 754 Å². The number of oxazole rings is 1. The molecule has 698 valence electrons. The molecule has 37 heteroatoms. The standard InChI is InChI=1S/C93H122N18O19/c1-55-15-10-9-11-16-56(2)73(123-7)43-66-17-14-26-93(122,130-66)82(117)86(119)110-29-13-12-18-69(110)87(120)127-74(44-70(112)57(3)40-59(5)80(115)81(116)79(114)58(4)39-55)67(94)45-92(6)27-23-72(75(46-92)124-8)129-91(121)102-49-61-47-98-89(99-48-61)107-31-33-108(34-32-107)90-100-50-65(51-101-90)85(118)97-28-36-126-38-37-125-35-25-76(113)109-30-24-62-41-60(19-20-64(62)53-109)52-111-84-77(83(95)103-54-104-84)78(106-111)63-21-22-71-68(42-63)105-88(96)128-71/h9-11,15-16,19-22,40-42,47-48,50-51,54-55,57-58,66-67,69,72-75,80-81,115-116,122H,12-14,17-18,23-39,43-46,49,52-53,94H2,1-8H3,(H2,96,105)(H,97,118)(H,102,121)(H2,95,103,104)/b11-9+,15-10+,56-16+,59-40+/t55-,57-,58-,66+,67-,69+,72-,73+,74+,75-,80-,81+,92+,93-/m1/s1. The first-order valence-electron chi connectivity index (χ1n) is 44.9. The van der Waals surface area contributed by atoms with Crippen molar-refractivity contribution in [3.8, 4) is 11.3 Å². The van der Waals surface area contributed by atoms with E-state index in [2.05, 4.69) is 57.7 Å². The molecular formula is C93H122N18O19. The van der Waals surface area contributed by atoms with Crippen molar-refractivity contribution >= 4 is 93.0 Å². The van der Waals surface area contributed by atoms with Crippen LogP contribution in [0.15, 0.2) is 120 Å². The van der Waals surface area contributed by atoms with E-state index in [-0.39, 0.29) is 107 Å². The Morgan fingerprint density at radius 2 is 1.48 bits per heavy atom. The number of benzene rings is 2. The van der Waals surface area contributed by atoms with Gasteiger partial charge in [0.05, 0.1) is 68.7 Å². The third-order valence-corrected chi connectivity index (χ3v) is 25.6. The highest BCUT2D eigenvalue weighted by atomic mass is 16.6. The second kappa shape index (κ2) is 44.0. The minimum Gasteiger partial charge on any atom is -0.459 e. The fraction of sp³-hybridized carbons (Fsp3) is 0.548. The molecule has 130 heavy (non-hydrogen) atoms. The van der Waals surface area contributed by atoms with Crippen LogP contribution < -0.4 is 37.6 Å². The number of aliphatic hydroxyl groups excluding tert-OH is 2. The van der Waals surface area contributed by atoms with Crippen LogP contribution in [0.2, 0.25) is 0 Å². The van der Waals surface area contributed by atoms with Gasteiger partial charge in [-0.15, -0.1) is 0 Å². The number of carbonyl (C=O) groups is 8. The van der Waals surface area contributed by atoms with Crippen molar-refractivity contribution in [3.05, 3.63) is 143 Å². The summed E-state index contributed by atoms with van der Waals surface area (Å²) in [5.41, 5.74) is 27.0. The van der Waals surface area contributed by atoms with Crippen LogP contribution >= 0.6 is 0 Å². The average Bonchev–Trinajstić information content (AvgIpc) is 1.59. The van der Waals surface area contributed by atoms with Crippen molar-refractivity contribution in [2.45, 2.75) is 218 Å². The van der Waals surface area contributed by atoms with Gasteiger partial charge >= 0.3 is 12.1 Å². The zero-order chi connectivity index (χ0) is 92.5. The first-order chi connectivity index (χ1) is 62.4. The number of nitrogens with two attached hydrogens (primary N) is 3. The van der Waals surface area contributed by atoms with Crippen molar-refractivity contribution in [2.75, 3.05) is 108 Å². The molecule has 1 saturated carbocycles. The van der Waals surface area contributed by atoms with E-state index in [0.717, 1.165) is 32.7 Å². The van der Waals surface area contributed by atoms with Gasteiger partial charge in [-0.25, -0.2) is 44.2 Å². The summed E-state index contributed by atoms with van der Waals surface area (Å²) in [5, 5.41) is 45.7. The zero-order valence-corrected chi connectivity index (χ0v) is 75.2. The minimum absolute atomic E-state index is 0.00215. The van der Waals surface area contributed by atoms with Crippen LogP contribution in [-0.2, 0) is 88.0 Å². The number of aliphatic hydroxyl groups is 3. The van der Waals surface area contributed by atoms with Gasteiger partial charge in [0.1, 0.15) is 59.6 Å². The summed E-state index contributed by atoms with van der Waals surface area (Å²) in [6.45, 7) is 15.6. The van der Waals surface area contributed by atoms with Crippen molar-refractivity contribution in [1.82, 2.24) is 65.1 Å². The van der Waals surface area contributed by atoms with Crippen molar-refractivity contribution in [1.29, 1.82) is 0 Å². The number of Topliss-reactive ketones (excluding diaryl/α,β-unsaturated/α-hetero) is 3. The van der Waals surface area contributed by atoms with Gasteiger partial charge in [0.25, 0.3) is 23.6 Å². The summed E-state index contributed by atoms with van der Waals surface area (Å²) in [7, 11) is 3.06. The van der Waals surface area contributed by atoms with Gasteiger partial charge < -0.3 is 100 Å². The number of nitrogens with zero attached hydrogens (tertiary/aromatic N) is 13. The van der Waals surface area contributed by atoms with E-state index < -0.39 is 120 Å². The maximum absolute atomic E-state index is 14.7. The highest BCUT2D eigenvalue weighted by Crippen LogP contribution is 2.44. The molecule has 0 spiro atoms. The lowest BCUT2D eigenvalue weighted by Crippen LogP contribution is -2.58. The number of piperazine rings is 1. The molecule has 37 nitrogen and oxygen atoms in total. The molecule has 2 bridgehead atoms. The number of esters is 1. The number of fused-ring (bicyclic) bond motifs is 6. The number of methoxy groups -OCH3 is 2. The minimum atomic E-state index is -2.48. The van der Waals surface area contributed by atoms with Crippen LogP contribution in [0, 0.1) is 23.2 Å². The van der Waals surface area contributed by atoms with Crippen LogP contribution in [0.5, 0.6) is 0 Å². The highest BCUT2D eigenvalue weighted by molar-refractivity contribution is 6.39. The largest absolute Gasteiger partial charge is 0.459 e. The molecule has 6 aliphatic rings. The predicted molar refractivity (Wildman–Crippen MR) is 479 cm³/mol. The molecule has 4 fully saturated rings. The number of anilines is 4. The number of piperidine rings is 1. The van der Waals surface area contributed by atoms with E-state index in [1.807, 2.05) is 88.7 Å². The number of nitrogens with one attached hydrogen (secondary N) is 2. The summed E-state index contributed by atoms with van der Waals surface area (Å²) >= 11 is 0. The summed E-state index contributed by atoms with van der Waals surface area (Å²) in [6.07, 6.45) is 14.7. The van der Waals surface area contributed by atoms with Crippen LogP contribution in [0.1, 0.15) is 164 Å². The fourth-order valence-electron chi connectivity index (χ4n) is 18.1. The Kier molecular flexibility index (Phi) is 32.5. The number of ether oxygens (including phenoxy) is 7. The van der Waals surface area contributed by atoms with Crippen LogP contribution in [-0.4, -0.2) is 264 Å². The molecule has 4 amide bonds. The molecule has 7 aromatic rings. The molecule has 14 atom stereocenters. The SMILES string of the molecule is CO[C@H]1C[C@@H]2CCC[C@@](O)(O2)C(=O)C(=O)N2CCCC[C@H]2C(=O)O[C@H]([C@H](N)C[C@]2(C)CC[C@@H](OC(=O)NCc3cnc(N4CCN(c5ncc(C(=O)NCCOCCOCCC(=O)N6CCc7cc(Cn8nc(-c9ccc%10oc(N)nc%10c9)c9c(N)ncnc98)ccc7C6)cn5)CC4)nc3)[C@H](OC)C2)CC(=O)[C@H](C)/C=C(\C)[C@@H](O)[C@@H](O)C(=O)[C@H](C)C[C@H](C)/C=C/C=C/C=C/1C. The van der Waals surface area contributed by atoms with Crippen LogP contribution in [0.4, 0.5) is 28.5 Å².